The van der Waals surface area contributed by atoms with Crippen molar-refractivity contribution < 1.29 is 14.3 Å². The van der Waals surface area contributed by atoms with Crippen LogP contribution in [0.4, 0.5) is 5.82 Å². The normalized spacial score (nSPS) is 12.5. The first-order valence-electron chi connectivity index (χ1n) is 8.65. The minimum atomic E-state index is -0.252. The molecule has 0 saturated heterocycles. The summed E-state index contributed by atoms with van der Waals surface area (Å²) in [6.07, 6.45) is 0. The molecule has 2 heterocycles. The Morgan fingerprint density at radius 1 is 1.21 bits per heavy atom. The number of methoxy groups -OCH3 is 1. The number of aromatic nitrogens is 2. The van der Waals surface area contributed by atoms with Gasteiger partial charge in [0.2, 0.25) is 0 Å². The van der Waals surface area contributed by atoms with Crippen LogP contribution in [0.1, 0.15) is 11.3 Å². The summed E-state index contributed by atoms with van der Waals surface area (Å²) in [7, 11) is 1.59. The zero-order valence-electron chi connectivity index (χ0n) is 15.1. The maximum Gasteiger partial charge on any atom is 0.263 e. The second-order valence-electron chi connectivity index (χ2n) is 6.17. The summed E-state index contributed by atoms with van der Waals surface area (Å²) >= 11 is 7.77. The van der Waals surface area contributed by atoms with Gasteiger partial charge in [-0.05, 0) is 36.4 Å². The fourth-order valence-corrected chi connectivity index (χ4v) is 4.08. The van der Waals surface area contributed by atoms with Gasteiger partial charge in [-0.3, -0.25) is 4.79 Å². The van der Waals surface area contributed by atoms with Crippen LogP contribution in [0.5, 0.6) is 11.5 Å². The summed E-state index contributed by atoms with van der Waals surface area (Å²) < 4.78 is 12.5. The van der Waals surface area contributed by atoms with E-state index in [1.54, 1.807) is 47.8 Å². The molecule has 8 heteroatoms. The Hall–Kier alpha value is -2.64. The molecule has 144 valence electrons. The number of anilines is 1. The monoisotopic (exact) mass is 415 g/mol. The molecule has 2 aromatic carbocycles. The van der Waals surface area contributed by atoms with Gasteiger partial charge < -0.3 is 14.8 Å². The molecular weight excluding hydrogens is 398 g/mol. The van der Waals surface area contributed by atoms with E-state index in [0.29, 0.717) is 22.3 Å². The highest BCUT2D eigenvalue weighted by molar-refractivity contribution is 7.98. The largest absolute Gasteiger partial charge is 0.497 e. The van der Waals surface area contributed by atoms with Gasteiger partial charge in [0.25, 0.3) is 5.91 Å². The highest BCUT2D eigenvalue weighted by Crippen LogP contribution is 2.36. The summed E-state index contributed by atoms with van der Waals surface area (Å²) in [5.41, 5.74) is 2.88. The number of halogens is 1. The van der Waals surface area contributed by atoms with Crippen molar-refractivity contribution in [2.75, 3.05) is 19.0 Å². The van der Waals surface area contributed by atoms with Crippen LogP contribution in [-0.2, 0) is 16.3 Å². The lowest BCUT2D eigenvalue weighted by atomic mass is 10.2. The zero-order chi connectivity index (χ0) is 19.5. The third kappa shape index (κ3) is 3.95. The summed E-state index contributed by atoms with van der Waals surface area (Å²) in [4.78, 5) is 12.5. The summed E-state index contributed by atoms with van der Waals surface area (Å²) in [6, 6.07) is 14.5. The third-order valence-electron chi connectivity index (χ3n) is 4.29. The van der Waals surface area contributed by atoms with Crippen LogP contribution in [0.3, 0.4) is 0 Å². The van der Waals surface area contributed by atoms with E-state index in [9.17, 15) is 4.79 Å². The molecule has 0 radical (unpaired) electrons. The number of fused-ring (bicyclic) bond motifs is 1. The van der Waals surface area contributed by atoms with Crippen molar-refractivity contribution in [3.63, 3.8) is 0 Å². The molecule has 1 aliphatic heterocycles. The average molecular weight is 416 g/mol. The molecule has 0 bridgehead atoms. The van der Waals surface area contributed by atoms with E-state index in [-0.39, 0.29) is 12.5 Å². The van der Waals surface area contributed by atoms with E-state index >= 15 is 0 Å². The molecule has 1 N–H and O–H groups in total. The number of nitrogens with one attached hydrogen (secondary N) is 1. The molecule has 1 aliphatic rings. The molecule has 28 heavy (non-hydrogen) atoms. The predicted octanol–water partition coefficient (Wildman–Crippen LogP) is 4.30. The van der Waals surface area contributed by atoms with Crippen LogP contribution < -0.4 is 14.8 Å². The van der Waals surface area contributed by atoms with Gasteiger partial charge in [0.05, 0.1) is 18.5 Å². The standard InChI is InChI=1S/C20H18ClN3O3S/c1-26-15-3-2-4-16(9-15)27-10-19(25)22-20-17-11-28-12-18(17)23-24(20)14-7-5-13(21)6-8-14/h2-9H,10-12H2,1H3,(H,22,25). The first-order chi connectivity index (χ1) is 13.6. The van der Waals surface area contributed by atoms with E-state index in [2.05, 4.69) is 10.4 Å². The van der Waals surface area contributed by atoms with Gasteiger partial charge in [-0.2, -0.15) is 16.9 Å². The molecule has 3 aromatic rings. The number of rotatable bonds is 6. The van der Waals surface area contributed by atoms with Gasteiger partial charge in [-0.1, -0.05) is 17.7 Å². The first-order valence-corrected chi connectivity index (χ1v) is 10.2. The lowest BCUT2D eigenvalue weighted by Crippen LogP contribution is -2.22. The molecule has 0 spiro atoms. The van der Waals surface area contributed by atoms with Crippen LogP contribution in [0.2, 0.25) is 5.02 Å². The number of hydrogen-bond donors (Lipinski definition) is 1. The zero-order valence-corrected chi connectivity index (χ0v) is 16.7. The topological polar surface area (TPSA) is 65.4 Å². The van der Waals surface area contributed by atoms with Crippen molar-refractivity contribution in [3.8, 4) is 17.2 Å². The third-order valence-corrected chi connectivity index (χ3v) is 5.51. The average Bonchev–Trinajstić information content (AvgIpc) is 3.30. The molecule has 1 amide bonds. The van der Waals surface area contributed by atoms with Gasteiger partial charge in [0, 0.05) is 28.2 Å². The van der Waals surface area contributed by atoms with Crippen molar-refractivity contribution >= 4 is 35.1 Å². The molecule has 1 aromatic heterocycles. The molecule has 0 atom stereocenters. The smallest absolute Gasteiger partial charge is 0.263 e. The highest BCUT2D eigenvalue weighted by atomic mass is 35.5. The second-order valence-corrected chi connectivity index (χ2v) is 7.59. The Morgan fingerprint density at radius 2 is 2.00 bits per heavy atom. The molecule has 0 saturated carbocycles. The molecule has 0 fully saturated rings. The summed E-state index contributed by atoms with van der Waals surface area (Å²) in [6.45, 7) is -0.110. The Labute approximate surface area is 171 Å². The Bertz CT molecular complexity index is 1000. The number of thioether (sulfide) groups is 1. The van der Waals surface area contributed by atoms with Gasteiger partial charge >= 0.3 is 0 Å². The second kappa shape index (κ2) is 8.16. The summed E-state index contributed by atoms with van der Waals surface area (Å²) in [5.74, 6) is 3.32. The van der Waals surface area contributed by atoms with Gasteiger partial charge in [-0.25, -0.2) is 4.68 Å². The number of amides is 1. The SMILES string of the molecule is COc1cccc(OCC(=O)Nc2c3c(nn2-c2ccc(Cl)cc2)CSC3)c1. The van der Waals surface area contributed by atoms with Gasteiger partial charge in [-0.15, -0.1) is 0 Å². The Morgan fingerprint density at radius 3 is 2.79 bits per heavy atom. The van der Waals surface area contributed by atoms with Crippen LogP contribution in [0.25, 0.3) is 5.69 Å². The fourth-order valence-electron chi connectivity index (χ4n) is 2.92. The maximum atomic E-state index is 12.5. The van der Waals surface area contributed by atoms with E-state index in [1.807, 2.05) is 24.3 Å². The number of hydrogen-bond acceptors (Lipinski definition) is 5. The predicted molar refractivity (Wildman–Crippen MR) is 111 cm³/mol. The molecule has 0 aliphatic carbocycles. The molecule has 0 unspecified atom stereocenters. The first kappa shape index (κ1) is 18.7. The molecular formula is C20H18ClN3O3S. The quantitative estimate of drug-likeness (QED) is 0.650. The van der Waals surface area contributed by atoms with E-state index in [4.69, 9.17) is 21.1 Å². The summed E-state index contributed by atoms with van der Waals surface area (Å²) in [5, 5.41) is 8.28. The molecule has 6 nitrogen and oxygen atoms in total. The van der Waals surface area contributed by atoms with Crippen LogP contribution in [0.15, 0.2) is 48.5 Å². The van der Waals surface area contributed by atoms with Crippen molar-refractivity contribution in [2.24, 2.45) is 0 Å². The minimum absolute atomic E-state index is 0.110. The highest BCUT2D eigenvalue weighted by Gasteiger charge is 2.24. The molecule has 4 rings (SSSR count). The number of nitrogens with zero attached hydrogens (tertiary/aromatic N) is 2. The van der Waals surface area contributed by atoms with Crippen LogP contribution >= 0.6 is 23.4 Å². The van der Waals surface area contributed by atoms with Crippen molar-refractivity contribution in [3.05, 3.63) is 64.8 Å². The number of carbonyl (C=O) groups is 1. The van der Waals surface area contributed by atoms with E-state index in [0.717, 1.165) is 28.5 Å². The minimum Gasteiger partial charge on any atom is -0.497 e. The van der Waals surface area contributed by atoms with Gasteiger partial charge in [0.1, 0.15) is 17.3 Å². The lowest BCUT2D eigenvalue weighted by Gasteiger charge is -2.12. The number of ether oxygens (including phenoxy) is 2. The van der Waals surface area contributed by atoms with E-state index < -0.39 is 0 Å². The fraction of sp³-hybridized carbons (Fsp3) is 0.200. The Balaban J connectivity index is 1.52. The lowest BCUT2D eigenvalue weighted by molar-refractivity contribution is -0.118. The Kier molecular flexibility index (Phi) is 5.45. The van der Waals surface area contributed by atoms with Crippen molar-refractivity contribution in [1.29, 1.82) is 0 Å². The van der Waals surface area contributed by atoms with Crippen molar-refractivity contribution in [2.45, 2.75) is 11.5 Å². The number of benzene rings is 2. The van der Waals surface area contributed by atoms with Crippen molar-refractivity contribution in [1.82, 2.24) is 9.78 Å². The maximum absolute atomic E-state index is 12.5. The van der Waals surface area contributed by atoms with Gasteiger partial charge in [0.15, 0.2) is 6.61 Å². The number of carbonyl (C=O) groups excluding carboxylic acids is 1. The van der Waals surface area contributed by atoms with Crippen LogP contribution in [0, 0.1) is 0 Å². The van der Waals surface area contributed by atoms with Crippen LogP contribution in [-0.4, -0.2) is 29.4 Å². The van der Waals surface area contributed by atoms with E-state index in [1.165, 1.54) is 0 Å².